The van der Waals surface area contributed by atoms with E-state index in [9.17, 15) is 13.2 Å². The Balaban J connectivity index is 1.54. The molecule has 7 nitrogen and oxygen atoms in total. The Kier molecular flexibility index (Phi) is 6.56. The van der Waals surface area contributed by atoms with Gasteiger partial charge in [0.2, 0.25) is 15.9 Å². The number of methoxy groups -OCH3 is 1. The number of anilines is 1. The van der Waals surface area contributed by atoms with Crippen LogP contribution in [0.25, 0.3) is 0 Å². The van der Waals surface area contributed by atoms with Crippen LogP contribution in [0, 0.1) is 13.8 Å². The highest BCUT2D eigenvalue weighted by Gasteiger charge is 2.29. The molecule has 0 bridgehead atoms. The van der Waals surface area contributed by atoms with Crippen LogP contribution >= 0.6 is 0 Å². The molecule has 1 aliphatic rings. The Morgan fingerprint density at radius 1 is 1.03 bits per heavy atom. The highest BCUT2D eigenvalue weighted by atomic mass is 32.2. The van der Waals surface area contributed by atoms with Crippen molar-refractivity contribution in [2.75, 3.05) is 45.2 Å². The van der Waals surface area contributed by atoms with Crippen molar-refractivity contribution in [1.29, 1.82) is 0 Å². The maximum atomic E-state index is 12.8. The number of nitrogens with one attached hydrogen (secondary N) is 1. The smallest absolute Gasteiger partial charge is 0.243 e. The highest BCUT2D eigenvalue weighted by Crippen LogP contribution is 2.21. The van der Waals surface area contributed by atoms with Crippen LogP contribution in [0.4, 0.5) is 5.69 Å². The lowest BCUT2D eigenvalue weighted by molar-refractivity contribution is -0.117. The van der Waals surface area contributed by atoms with Crippen LogP contribution in [0.15, 0.2) is 47.4 Å². The van der Waals surface area contributed by atoms with Gasteiger partial charge in [-0.1, -0.05) is 17.7 Å². The molecule has 0 saturated carbocycles. The molecule has 1 heterocycles. The molecule has 0 radical (unpaired) electrons. The Morgan fingerprint density at radius 2 is 1.69 bits per heavy atom. The third-order valence-corrected chi connectivity index (χ3v) is 6.96. The summed E-state index contributed by atoms with van der Waals surface area (Å²) in [5.74, 6) is 0.520. The summed E-state index contributed by atoms with van der Waals surface area (Å²) in [6, 6.07) is 12.3. The summed E-state index contributed by atoms with van der Waals surface area (Å²) in [5, 5.41) is 2.94. The Bertz CT molecular complexity index is 966. The summed E-state index contributed by atoms with van der Waals surface area (Å²) in [4.78, 5) is 14.6. The van der Waals surface area contributed by atoms with Crippen LogP contribution in [0.2, 0.25) is 0 Å². The van der Waals surface area contributed by atoms with Gasteiger partial charge in [0.1, 0.15) is 5.75 Å². The molecule has 8 heteroatoms. The van der Waals surface area contributed by atoms with E-state index in [-0.39, 0.29) is 17.3 Å². The number of benzene rings is 2. The van der Waals surface area contributed by atoms with Crippen molar-refractivity contribution in [3.05, 3.63) is 53.6 Å². The number of rotatable bonds is 6. The van der Waals surface area contributed by atoms with E-state index in [0.29, 0.717) is 31.9 Å². The van der Waals surface area contributed by atoms with E-state index < -0.39 is 10.0 Å². The van der Waals surface area contributed by atoms with E-state index in [1.54, 1.807) is 31.4 Å². The van der Waals surface area contributed by atoms with E-state index in [2.05, 4.69) is 5.32 Å². The third kappa shape index (κ3) is 5.14. The van der Waals surface area contributed by atoms with E-state index in [1.807, 2.05) is 36.9 Å². The van der Waals surface area contributed by atoms with Gasteiger partial charge >= 0.3 is 0 Å². The van der Waals surface area contributed by atoms with Gasteiger partial charge in [0.25, 0.3) is 0 Å². The van der Waals surface area contributed by atoms with Gasteiger partial charge in [-0.2, -0.15) is 4.31 Å². The maximum absolute atomic E-state index is 12.8. The molecular weight excluding hydrogens is 390 g/mol. The molecule has 1 amide bonds. The van der Waals surface area contributed by atoms with Crippen LogP contribution < -0.4 is 10.1 Å². The summed E-state index contributed by atoms with van der Waals surface area (Å²) < 4.78 is 32.2. The lowest BCUT2D eigenvalue weighted by Gasteiger charge is -2.33. The molecular formula is C21H27N3O4S. The van der Waals surface area contributed by atoms with Gasteiger partial charge in [0, 0.05) is 31.9 Å². The SMILES string of the molecule is COc1ccc(S(=O)(=O)N2CCN(CC(=O)Nc3ccc(C)cc3C)CC2)cc1. The van der Waals surface area contributed by atoms with Gasteiger partial charge in [-0.05, 0) is 49.7 Å². The first kappa shape index (κ1) is 21.3. The van der Waals surface area contributed by atoms with Gasteiger partial charge in [-0.25, -0.2) is 8.42 Å². The van der Waals surface area contributed by atoms with Crippen molar-refractivity contribution in [3.63, 3.8) is 0 Å². The molecule has 0 spiro atoms. The first-order chi connectivity index (χ1) is 13.8. The summed E-state index contributed by atoms with van der Waals surface area (Å²) in [6.07, 6.45) is 0. The van der Waals surface area contributed by atoms with Crippen molar-refractivity contribution < 1.29 is 17.9 Å². The van der Waals surface area contributed by atoms with Crippen molar-refractivity contribution in [2.45, 2.75) is 18.7 Å². The molecule has 0 unspecified atom stereocenters. The van der Waals surface area contributed by atoms with Crippen LogP contribution in [-0.4, -0.2) is 63.4 Å². The van der Waals surface area contributed by atoms with Gasteiger partial charge in [0.05, 0.1) is 18.6 Å². The predicted molar refractivity (Wildman–Crippen MR) is 113 cm³/mol. The summed E-state index contributed by atoms with van der Waals surface area (Å²) in [6.45, 7) is 5.94. The van der Waals surface area contributed by atoms with Gasteiger partial charge in [0.15, 0.2) is 0 Å². The van der Waals surface area contributed by atoms with E-state index in [0.717, 1.165) is 16.8 Å². The number of hydrogen-bond donors (Lipinski definition) is 1. The van der Waals surface area contributed by atoms with Crippen LogP contribution in [0.1, 0.15) is 11.1 Å². The molecule has 1 fully saturated rings. The number of hydrogen-bond acceptors (Lipinski definition) is 5. The number of ether oxygens (including phenoxy) is 1. The molecule has 2 aromatic carbocycles. The number of carbonyl (C=O) groups excluding carboxylic acids is 1. The van der Waals surface area contributed by atoms with Crippen molar-refractivity contribution in [3.8, 4) is 5.75 Å². The fourth-order valence-corrected chi connectivity index (χ4v) is 4.79. The van der Waals surface area contributed by atoms with Gasteiger partial charge in [-0.3, -0.25) is 9.69 Å². The minimum absolute atomic E-state index is 0.0941. The normalized spacial score (nSPS) is 15.8. The Labute approximate surface area is 172 Å². The second-order valence-corrected chi connectivity index (χ2v) is 9.16. The zero-order valence-corrected chi connectivity index (χ0v) is 17.8. The molecule has 0 atom stereocenters. The van der Waals surface area contributed by atoms with Crippen LogP contribution in [0.5, 0.6) is 5.75 Å². The first-order valence-corrected chi connectivity index (χ1v) is 11.0. The number of amides is 1. The zero-order chi connectivity index (χ0) is 21.0. The predicted octanol–water partition coefficient (Wildman–Crippen LogP) is 2.26. The molecule has 0 aliphatic carbocycles. The molecule has 156 valence electrons. The highest BCUT2D eigenvalue weighted by molar-refractivity contribution is 7.89. The fourth-order valence-electron chi connectivity index (χ4n) is 3.37. The fraction of sp³-hybridized carbons (Fsp3) is 0.381. The average Bonchev–Trinajstić information content (AvgIpc) is 2.70. The number of nitrogens with zero attached hydrogens (tertiary/aromatic N) is 2. The lowest BCUT2D eigenvalue weighted by Crippen LogP contribution is -2.50. The molecule has 1 saturated heterocycles. The quantitative estimate of drug-likeness (QED) is 0.780. The second-order valence-electron chi connectivity index (χ2n) is 7.22. The standard InChI is InChI=1S/C21H27N3O4S/c1-16-4-9-20(17(2)14-16)22-21(25)15-23-10-12-24(13-11-23)29(26,27)19-7-5-18(28-3)6-8-19/h4-9,14H,10-13,15H2,1-3H3,(H,22,25). The number of carbonyl (C=O) groups is 1. The average molecular weight is 418 g/mol. The minimum Gasteiger partial charge on any atom is -0.497 e. The van der Waals surface area contributed by atoms with Crippen molar-refractivity contribution in [2.24, 2.45) is 0 Å². The number of sulfonamides is 1. The largest absolute Gasteiger partial charge is 0.497 e. The lowest BCUT2D eigenvalue weighted by atomic mass is 10.1. The molecule has 1 aliphatic heterocycles. The number of aryl methyl sites for hydroxylation is 2. The zero-order valence-electron chi connectivity index (χ0n) is 17.0. The Morgan fingerprint density at radius 3 is 2.28 bits per heavy atom. The first-order valence-electron chi connectivity index (χ1n) is 9.53. The minimum atomic E-state index is -3.55. The second kappa shape index (κ2) is 8.94. The molecule has 3 rings (SSSR count). The Hall–Kier alpha value is -2.42. The van der Waals surface area contributed by atoms with Crippen LogP contribution in [-0.2, 0) is 14.8 Å². The van der Waals surface area contributed by atoms with Gasteiger partial charge in [-0.15, -0.1) is 0 Å². The van der Waals surface area contributed by atoms with Crippen molar-refractivity contribution in [1.82, 2.24) is 9.21 Å². The summed E-state index contributed by atoms with van der Waals surface area (Å²) in [7, 11) is -2.01. The maximum Gasteiger partial charge on any atom is 0.243 e. The molecule has 29 heavy (non-hydrogen) atoms. The summed E-state index contributed by atoms with van der Waals surface area (Å²) >= 11 is 0. The number of piperazine rings is 1. The molecule has 0 aromatic heterocycles. The summed E-state index contributed by atoms with van der Waals surface area (Å²) in [5.41, 5.74) is 2.98. The van der Waals surface area contributed by atoms with Gasteiger partial charge < -0.3 is 10.1 Å². The van der Waals surface area contributed by atoms with E-state index in [1.165, 1.54) is 4.31 Å². The van der Waals surface area contributed by atoms with E-state index in [4.69, 9.17) is 4.74 Å². The molecule has 2 aromatic rings. The van der Waals surface area contributed by atoms with E-state index >= 15 is 0 Å². The monoisotopic (exact) mass is 417 g/mol. The molecule has 1 N–H and O–H groups in total. The van der Waals surface area contributed by atoms with Crippen LogP contribution in [0.3, 0.4) is 0 Å². The van der Waals surface area contributed by atoms with Crippen molar-refractivity contribution >= 4 is 21.6 Å². The third-order valence-electron chi connectivity index (χ3n) is 5.05. The topological polar surface area (TPSA) is 79.0 Å².